The predicted molar refractivity (Wildman–Crippen MR) is 443 cm³/mol. The Labute approximate surface area is 663 Å². The number of rotatable bonds is 16. The van der Waals surface area contributed by atoms with Gasteiger partial charge in [-0.05, 0) is 277 Å². The number of nitrogens with one attached hydrogen (secondary N) is 1. The van der Waals surface area contributed by atoms with Crippen molar-refractivity contribution < 1.29 is 9.59 Å². The third kappa shape index (κ3) is 21.9. The summed E-state index contributed by atoms with van der Waals surface area (Å²) in [6.07, 6.45) is 24.1. The molecule has 2 aromatic heterocycles. The zero-order valence-corrected chi connectivity index (χ0v) is 66.7. The van der Waals surface area contributed by atoms with Crippen LogP contribution < -0.4 is 5.32 Å². The molecule has 0 radical (unpaired) electrons. The Bertz CT molecular complexity index is 4260. The number of hydrogen-bond donors (Lipinski definition) is 1. The number of likely N-dealkylation sites (tertiary alicyclic amines) is 5. The first-order valence-corrected chi connectivity index (χ1v) is 40.6. The average Bonchev–Trinajstić information content (AvgIpc) is 0.810. The highest BCUT2D eigenvalue weighted by atomic mass is 35.5. The van der Waals surface area contributed by atoms with Gasteiger partial charge >= 0.3 is 0 Å². The Kier molecular flexibility index (Phi) is 30.0. The van der Waals surface area contributed by atoms with Crippen molar-refractivity contribution >= 4 is 126 Å². The van der Waals surface area contributed by atoms with Crippen molar-refractivity contribution in [2.45, 2.75) is 102 Å². The predicted octanol–water partition coefficient (Wildman–Crippen LogP) is 21.5. The van der Waals surface area contributed by atoms with Crippen LogP contribution in [0.3, 0.4) is 0 Å². The fraction of sp³-hybridized carbons (Fsp3) is 0.425. The van der Waals surface area contributed by atoms with Gasteiger partial charge in [0.1, 0.15) is 0 Å². The second-order valence-corrected chi connectivity index (χ2v) is 33.0. The fourth-order valence-electron chi connectivity index (χ4n) is 16.8. The molecule has 6 fully saturated rings. The van der Waals surface area contributed by atoms with Crippen molar-refractivity contribution in [3.05, 3.63) is 257 Å². The van der Waals surface area contributed by atoms with E-state index in [9.17, 15) is 9.59 Å². The van der Waals surface area contributed by atoms with Gasteiger partial charge in [0.2, 0.25) is 0 Å². The molecule has 2 amide bonds. The number of aromatic nitrogens is 2. The van der Waals surface area contributed by atoms with Gasteiger partial charge in [0.15, 0.2) is 0 Å². The minimum atomic E-state index is 0.124. The topological polar surface area (TPSA) is 88.2 Å². The van der Waals surface area contributed by atoms with Crippen LogP contribution in [-0.2, 0) is 25.7 Å². The Morgan fingerprint density at radius 2 is 0.819 bits per heavy atom. The molecule has 0 bridgehead atoms. The van der Waals surface area contributed by atoms with E-state index in [1.807, 2.05) is 119 Å². The summed E-state index contributed by atoms with van der Waals surface area (Å²) in [5, 5.41) is 10.5. The number of hydrogen-bond acceptors (Lipinski definition) is 8. The van der Waals surface area contributed by atoms with Crippen LogP contribution in [0.5, 0.6) is 0 Å². The van der Waals surface area contributed by atoms with Crippen molar-refractivity contribution in [3.63, 3.8) is 0 Å². The molecule has 6 aliphatic rings. The van der Waals surface area contributed by atoms with E-state index in [0.717, 1.165) is 169 Å². The van der Waals surface area contributed by atoms with Gasteiger partial charge in [-0.15, -0.1) is 19.7 Å². The summed E-state index contributed by atoms with van der Waals surface area (Å²) in [6, 6.07) is 44.5. The van der Waals surface area contributed by atoms with Gasteiger partial charge in [-0.1, -0.05) is 161 Å². The molecular formula is C87H100Cl8N8O2. The number of piperidine rings is 6. The van der Waals surface area contributed by atoms with Gasteiger partial charge in [0, 0.05) is 98.7 Å². The maximum Gasteiger partial charge on any atom is 0.253 e. The van der Waals surface area contributed by atoms with Crippen LogP contribution in [0.25, 0.3) is 21.8 Å². The molecule has 8 atom stereocenters. The van der Waals surface area contributed by atoms with Gasteiger partial charge in [-0.2, -0.15) is 0 Å². The fourth-order valence-corrected chi connectivity index (χ4v) is 18.1. The van der Waals surface area contributed by atoms with Gasteiger partial charge in [-0.3, -0.25) is 29.4 Å². The summed E-state index contributed by atoms with van der Waals surface area (Å²) in [7, 11) is 2.17. The lowest BCUT2D eigenvalue weighted by atomic mass is 9.79. The van der Waals surface area contributed by atoms with E-state index in [2.05, 4.69) is 106 Å². The minimum Gasteiger partial charge on any atom is -0.339 e. The standard InChI is InChI=1S/C29H33Cl2N3O.C29H31Cl2N3O.C15H19Cl2N.C14H17Cl2N/c2*1-2-21-19-34(13-9-22(21)16-20-5-7-26(30)27(31)17-20)25-10-14-33(15-11-25)29(35)24-6-8-28-23(18-24)4-3-12-32-28;1-3-12-10-18(2)7-6-13(12)8-11-4-5-14(16)15(17)9-11;1-2-11-9-17-6-5-12(11)7-10-3-4-13(15)14(16)8-10/h3-8,12,17-18,21-22,25H,2,9-11,13-16,19H2,1H3;2-8,12,17-18,21-22,25H,1,9-11,13-16,19H2;3-5,9,12-13H,1,6-8,10H2,2H3;2-4,8,11-12,17H,1,5-7,9H2/t2*21-,22?;12-,13?;11-,12?/m1111/s1. The molecule has 18 heteroatoms. The zero-order chi connectivity index (χ0) is 74.1. The third-order valence-electron chi connectivity index (χ3n) is 23.0. The third-order valence-corrected chi connectivity index (χ3v) is 26.0. The summed E-state index contributed by atoms with van der Waals surface area (Å²) in [6.45, 7) is 26.4. The number of carbonyl (C=O) groups is 2. The molecule has 10 nitrogen and oxygen atoms in total. The number of fused-ring (bicyclic) bond motifs is 2. The maximum atomic E-state index is 13.2. The van der Waals surface area contributed by atoms with Crippen LogP contribution in [0.1, 0.15) is 108 Å². The lowest BCUT2D eigenvalue weighted by Crippen LogP contribution is -2.51. The van der Waals surface area contributed by atoms with Crippen molar-refractivity contribution in [3.8, 4) is 0 Å². The molecule has 6 aliphatic heterocycles. The molecular weight excluding hydrogens is 1470 g/mol. The van der Waals surface area contributed by atoms with E-state index in [-0.39, 0.29) is 11.8 Å². The summed E-state index contributed by atoms with van der Waals surface area (Å²) in [5.74, 6) is 5.08. The number of nitrogens with zero attached hydrogens (tertiary/aromatic N) is 7. The zero-order valence-electron chi connectivity index (χ0n) is 60.6. The molecule has 105 heavy (non-hydrogen) atoms. The van der Waals surface area contributed by atoms with Crippen LogP contribution in [0.2, 0.25) is 40.2 Å². The number of benzene rings is 6. The Hall–Kier alpha value is -5.54. The molecule has 556 valence electrons. The molecule has 6 aromatic carbocycles. The second-order valence-electron chi connectivity index (χ2n) is 29.7. The van der Waals surface area contributed by atoms with Crippen LogP contribution in [0.4, 0.5) is 0 Å². The molecule has 0 saturated carbocycles. The minimum absolute atomic E-state index is 0.124. The number of carbonyl (C=O) groups excluding carboxylic acids is 2. The van der Waals surface area contributed by atoms with Crippen molar-refractivity contribution in [1.29, 1.82) is 0 Å². The Morgan fingerprint density at radius 1 is 0.429 bits per heavy atom. The number of halogens is 8. The van der Waals surface area contributed by atoms with Gasteiger partial charge in [0.05, 0.1) is 51.2 Å². The van der Waals surface area contributed by atoms with Crippen molar-refractivity contribution in [1.82, 2.24) is 39.8 Å². The Balaban J connectivity index is 0.000000147. The quantitative estimate of drug-likeness (QED) is 0.0958. The lowest BCUT2D eigenvalue weighted by molar-refractivity contribution is 0.0395. The molecule has 8 aromatic rings. The highest BCUT2D eigenvalue weighted by molar-refractivity contribution is 6.43. The molecule has 14 rings (SSSR count). The Morgan fingerprint density at radius 3 is 1.24 bits per heavy atom. The van der Waals surface area contributed by atoms with E-state index >= 15 is 0 Å². The van der Waals surface area contributed by atoms with E-state index in [1.54, 1.807) is 12.4 Å². The second kappa shape index (κ2) is 39.2. The molecule has 0 aliphatic carbocycles. The van der Waals surface area contributed by atoms with Crippen LogP contribution in [0, 0.1) is 47.3 Å². The average molecular weight is 1570 g/mol. The van der Waals surface area contributed by atoms with Crippen LogP contribution >= 0.6 is 92.8 Å². The SMILES string of the molecule is C=C[C@@H]1CN(C)CCC1Cc1ccc(Cl)c(Cl)c1.C=C[C@@H]1CN(C2CCN(C(=O)c3ccc4ncccc4c3)CC2)CCC1Cc1ccc(Cl)c(Cl)c1.C=C[C@@H]1CNCCC1Cc1ccc(Cl)c(Cl)c1.CC[C@@H]1CN(C2CCN(C(=O)c3ccc4ncccc4c3)CC2)CCC1Cc1ccc(Cl)c(Cl)c1. The highest BCUT2D eigenvalue weighted by Gasteiger charge is 2.37. The smallest absolute Gasteiger partial charge is 0.253 e. The number of pyridine rings is 2. The maximum absolute atomic E-state index is 13.2. The van der Waals surface area contributed by atoms with E-state index < -0.39 is 0 Å². The molecule has 0 spiro atoms. The first kappa shape index (κ1) is 80.5. The molecule has 4 unspecified atom stereocenters. The van der Waals surface area contributed by atoms with Gasteiger partial charge < -0.3 is 20.0 Å². The first-order chi connectivity index (χ1) is 50.8. The van der Waals surface area contributed by atoms with Gasteiger partial charge in [-0.25, -0.2) is 0 Å². The van der Waals surface area contributed by atoms with E-state index in [0.29, 0.717) is 99.6 Å². The highest BCUT2D eigenvalue weighted by Crippen LogP contribution is 2.38. The van der Waals surface area contributed by atoms with Crippen molar-refractivity contribution in [2.24, 2.45) is 47.3 Å². The first-order valence-electron chi connectivity index (χ1n) is 37.6. The summed E-state index contributed by atoms with van der Waals surface area (Å²) < 4.78 is 0. The summed E-state index contributed by atoms with van der Waals surface area (Å²) >= 11 is 48.7. The molecule has 8 heterocycles. The number of amides is 2. The van der Waals surface area contributed by atoms with E-state index in [1.165, 1.54) is 47.9 Å². The monoisotopic (exact) mass is 1570 g/mol. The van der Waals surface area contributed by atoms with Crippen molar-refractivity contribution in [2.75, 3.05) is 85.6 Å². The normalized spacial score (nSPS) is 22.9. The van der Waals surface area contributed by atoms with E-state index in [4.69, 9.17) is 92.8 Å². The van der Waals surface area contributed by atoms with Crippen LogP contribution in [0.15, 0.2) is 184 Å². The summed E-state index contributed by atoms with van der Waals surface area (Å²) in [4.78, 5) is 46.8. The molecule has 6 saturated heterocycles. The van der Waals surface area contributed by atoms with Gasteiger partial charge in [0.25, 0.3) is 11.8 Å². The lowest BCUT2D eigenvalue weighted by Gasteiger charge is -2.45. The summed E-state index contributed by atoms with van der Waals surface area (Å²) in [5.41, 5.74) is 8.41. The largest absolute Gasteiger partial charge is 0.339 e. The van der Waals surface area contributed by atoms with Crippen LogP contribution in [-0.4, -0.2) is 144 Å². The molecule has 1 N–H and O–H groups in total.